The number of hydrogen-bond acceptors (Lipinski definition) is 4. The topological polar surface area (TPSA) is 121 Å². The Balaban J connectivity index is 2.17. The van der Waals surface area contributed by atoms with Crippen LogP contribution in [0.4, 0.5) is 0 Å². The highest BCUT2D eigenvalue weighted by Gasteiger charge is 2.47. The highest BCUT2D eigenvalue weighted by atomic mass is 16.4. The second kappa shape index (κ2) is 5.40. The van der Waals surface area contributed by atoms with Gasteiger partial charge in [0.05, 0.1) is 17.9 Å². The number of carbonyl (C=O) groups excluding carboxylic acids is 2. The number of nitrogens with zero attached hydrogens (tertiary/aromatic N) is 1. The van der Waals surface area contributed by atoms with Gasteiger partial charge in [0, 0.05) is 13.0 Å². The number of aliphatic hydroxyl groups excluding tert-OH is 1. The molecule has 4 N–H and O–H groups in total. The van der Waals surface area contributed by atoms with Crippen LogP contribution in [0.25, 0.3) is 0 Å². The molecular formula is C13H20N2O5. The van der Waals surface area contributed by atoms with Crippen LogP contribution in [0.5, 0.6) is 0 Å². The van der Waals surface area contributed by atoms with E-state index in [1.165, 1.54) is 4.90 Å². The molecule has 0 aromatic heterocycles. The van der Waals surface area contributed by atoms with E-state index >= 15 is 0 Å². The second-order valence-corrected chi connectivity index (χ2v) is 5.93. The van der Waals surface area contributed by atoms with Crippen LogP contribution in [0.15, 0.2) is 0 Å². The molecule has 0 bridgehead atoms. The highest BCUT2D eigenvalue weighted by molar-refractivity contribution is 5.90. The summed E-state index contributed by atoms with van der Waals surface area (Å²) in [6.45, 7) is 1.96. The molecule has 0 aromatic carbocycles. The number of carboxylic acids is 1. The van der Waals surface area contributed by atoms with Gasteiger partial charge in [-0.05, 0) is 18.8 Å². The van der Waals surface area contributed by atoms with E-state index in [0.29, 0.717) is 12.8 Å². The molecule has 1 saturated carbocycles. The van der Waals surface area contributed by atoms with Crippen LogP contribution in [-0.2, 0) is 14.4 Å². The maximum Gasteiger partial charge on any atom is 0.307 e. The maximum absolute atomic E-state index is 12.5. The van der Waals surface area contributed by atoms with Crippen molar-refractivity contribution in [2.45, 2.75) is 38.3 Å². The number of β-amino-alcohol motifs (C(OH)–C–C–N with tert-alkyl or cyclic N) is 1. The Hall–Kier alpha value is -1.63. The molecule has 2 amide bonds. The predicted octanol–water partition coefficient (Wildman–Crippen LogP) is -0.820. The van der Waals surface area contributed by atoms with E-state index in [2.05, 4.69) is 0 Å². The van der Waals surface area contributed by atoms with Crippen molar-refractivity contribution in [2.75, 3.05) is 6.54 Å². The minimum atomic E-state index is -0.983. The molecule has 1 aliphatic carbocycles. The molecule has 2 aliphatic rings. The average Bonchev–Trinajstić information content (AvgIpc) is 2.91. The number of rotatable bonds is 3. The first-order chi connectivity index (χ1) is 9.31. The molecular weight excluding hydrogens is 264 g/mol. The third-order valence-electron chi connectivity index (χ3n) is 4.32. The number of aliphatic carboxylic acids is 1. The van der Waals surface area contributed by atoms with Crippen LogP contribution in [0.2, 0.25) is 0 Å². The van der Waals surface area contributed by atoms with Crippen molar-refractivity contribution in [3.05, 3.63) is 0 Å². The van der Waals surface area contributed by atoms with Crippen molar-refractivity contribution in [3.63, 3.8) is 0 Å². The van der Waals surface area contributed by atoms with Gasteiger partial charge in [-0.25, -0.2) is 0 Å². The molecule has 1 heterocycles. The third-order valence-corrected chi connectivity index (χ3v) is 4.32. The van der Waals surface area contributed by atoms with Crippen molar-refractivity contribution >= 4 is 17.8 Å². The van der Waals surface area contributed by atoms with Crippen LogP contribution in [0, 0.1) is 17.8 Å². The van der Waals surface area contributed by atoms with E-state index in [1.807, 2.05) is 6.92 Å². The van der Waals surface area contributed by atoms with Gasteiger partial charge in [-0.2, -0.15) is 0 Å². The summed E-state index contributed by atoms with van der Waals surface area (Å²) in [6.07, 6.45) is 0.303. The number of likely N-dealkylation sites (tertiary alicyclic amines) is 1. The Bertz CT molecular complexity index is 400. The molecule has 20 heavy (non-hydrogen) atoms. The van der Waals surface area contributed by atoms with Crippen molar-refractivity contribution in [3.8, 4) is 0 Å². The number of amides is 2. The van der Waals surface area contributed by atoms with E-state index in [4.69, 9.17) is 5.73 Å². The fourth-order valence-electron chi connectivity index (χ4n) is 3.38. The van der Waals surface area contributed by atoms with Gasteiger partial charge in [-0.3, -0.25) is 14.4 Å². The Morgan fingerprint density at radius 3 is 2.30 bits per heavy atom. The Morgan fingerprint density at radius 2 is 1.75 bits per heavy atom. The summed E-state index contributed by atoms with van der Waals surface area (Å²) in [5.74, 6) is -3.21. The Kier molecular flexibility index (Phi) is 3.99. The number of carboxylic acid groups (broad SMARTS) is 1. The molecule has 0 spiro atoms. The zero-order valence-electron chi connectivity index (χ0n) is 11.4. The zero-order chi connectivity index (χ0) is 15.0. The lowest BCUT2D eigenvalue weighted by molar-refractivity contribution is -0.150. The van der Waals surface area contributed by atoms with Crippen molar-refractivity contribution in [1.29, 1.82) is 0 Å². The molecule has 3 unspecified atom stereocenters. The van der Waals surface area contributed by atoms with E-state index in [-0.39, 0.29) is 24.8 Å². The second-order valence-electron chi connectivity index (χ2n) is 5.93. The first-order valence-corrected chi connectivity index (χ1v) is 6.82. The molecule has 5 atom stereocenters. The molecule has 0 radical (unpaired) electrons. The molecule has 2 rings (SSSR count). The summed E-state index contributed by atoms with van der Waals surface area (Å²) >= 11 is 0. The van der Waals surface area contributed by atoms with Crippen LogP contribution < -0.4 is 5.73 Å². The van der Waals surface area contributed by atoms with Gasteiger partial charge in [0.2, 0.25) is 11.8 Å². The molecule has 1 aliphatic heterocycles. The summed E-state index contributed by atoms with van der Waals surface area (Å²) in [4.78, 5) is 36.4. The molecule has 112 valence electrons. The van der Waals surface area contributed by atoms with Gasteiger partial charge in [0.1, 0.15) is 6.04 Å². The average molecular weight is 284 g/mol. The lowest BCUT2D eigenvalue weighted by Gasteiger charge is -2.26. The molecule has 0 aromatic rings. The van der Waals surface area contributed by atoms with Gasteiger partial charge in [0.25, 0.3) is 0 Å². The van der Waals surface area contributed by atoms with Gasteiger partial charge in [-0.1, -0.05) is 6.92 Å². The van der Waals surface area contributed by atoms with Gasteiger partial charge >= 0.3 is 5.97 Å². The summed E-state index contributed by atoms with van der Waals surface area (Å²) in [5.41, 5.74) is 5.25. The van der Waals surface area contributed by atoms with Crippen molar-refractivity contribution in [2.24, 2.45) is 23.5 Å². The highest BCUT2D eigenvalue weighted by Crippen LogP contribution is 2.38. The number of hydrogen-bond donors (Lipinski definition) is 3. The van der Waals surface area contributed by atoms with E-state index in [1.54, 1.807) is 0 Å². The predicted molar refractivity (Wildman–Crippen MR) is 68.3 cm³/mol. The summed E-state index contributed by atoms with van der Waals surface area (Å²) < 4.78 is 0. The van der Waals surface area contributed by atoms with Gasteiger partial charge in [0.15, 0.2) is 0 Å². The number of carbonyl (C=O) groups is 3. The van der Waals surface area contributed by atoms with E-state index in [0.717, 1.165) is 0 Å². The molecule has 7 heteroatoms. The third kappa shape index (κ3) is 2.63. The van der Waals surface area contributed by atoms with E-state index in [9.17, 15) is 24.6 Å². The number of nitrogens with two attached hydrogens (primary N) is 1. The SMILES string of the molecule is CC1C[C@H](C(=O)N2CC(O)CC2C(N)=O)[C@H](C(=O)O)C1. The largest absolute Gasteiger partial charge is 0.481 e. The monoisotopic (exact) mass is 284 g/mol. The van der Waals surface area contributed by atoms with Crippen LogP contribution in [0.3, 0.4) is 0 Å². The Morgan fingerprint density at radius 1 is 1.15 bits per heavy atom. The lowest BCUT2D eigenvalue weighted by Crippen LogP contribution is -2.47. The minimum Gasteiger partial charge on any atom is -0.481 e. The number of aliphatic hydroxyl groups is 1. The standard InChI is InChI=1S/C13H20N2O5/c1-6-2-8(9(3-6)13(19)20)12(18)15-5-7(16)4-10(15)11(14)17/h6-10,16H,2-5H2,1H3,(H2,14,17)(H,19,20)/t6?,7?,8-,9+,10?/m0/s1. The van der Waals surface area contributed by atoms with Gasteiger partial charge < -0.3 is 20.8 Å². The lowest BCUT2D eigenvalue weighted by atomic mass is 9.94. The quantitative estimate of drug-likeness (QED) is 0.625. The summed E-state index contributed by atoms with van der Waals surface area (Å²) in [5, 5.41) is 18.8. The van der Waals surface area contributed by atoms with Crippen LogP contribution in [-0.4, -0.2) is 51.6 Å². The fourth-order valence-corrected chi connectivity index (χ4v) is 3.38. The van der Waals surface area contributed by atoms with Gasteiger partial charge in [-0.15, -0.1) is 0 Å². The first-order valence-electron chi connectivity index (χ1n) is 6.82. The normalized spacial score (nSPS) is 37.1. The smallest absolute Gasteiger partial charge is 0.307 e. The maximum atomic E-state index is 12.5. The fraction of sp³-hybridized carbons (Fsp3) is 0.769. The molecule has 7 nitrogen and oxygen atoms in total. The minimum absolute atomic E-state index is 0.0453. The Labute approximate surface area is 116 Å². The van der Waals surface area contributed by atoms with Crippen molar-refractivity contribution < 1.29 is 24.6 Å². The summed E-state index contributed by atoms with van der Waals surface area (Å²) in [7, 11) is 0. The van der Waals surface area contributed by atoms with Crippen LogP contribution >= 0.6 is 0 Å². The van der Waals surface area contributed by atoms with E-state index < -0.39 is 35.9 Å². The molecule has 2 fully saturated rings. The number of primary amides is 1. The molecule has 1 saturated heterocycles. The van der Waals surface area contributed by atoms with Crippen molar-refractivity contribution in [1.82, 2.24) is 4.90 Å². The first kappa shape index (κ1) is 14.8. The summed E-state index contributed by atoms with van der Waals surface area (Å²) in [6, 6.07) is -0.831. The van der Waals surface area contributed by atoms with Crippen LogP contribution in [0.1, 0.15) is 26.2 Å². The zero-order valence-corrected chi connectivity index (χ0v) is 11.4.